The summed E-state index contributed by atoms with van der Waals surface area (Å²) in [5.74, 6) is -0.118. The number of aryl methyl sites for hydroxylation is 2. The van der Waals surface area contributed by atoms with Gasteiger partial charge in [-0.1, -0.05) is 18.2 Å². The van der Waals surface area contributed by atoms with Crippen molar-refractivity contribution in [1.29, 1.82) is 0 Å². The van der Waals surface area contributed by atoms with E-state index in [1.54, 1.807) is 0 Å². The number of carbonyl (C=O) groups excluding carboxylic acids is 1. The normalized spacial score (nSPS) is 10.2. The number of anilines is 1. The molecule has 0 spiro atoms. The molecule has 0 heterocycles. The summed E-state index contributed by atoms with van der Waals surface area (Å²) in [5.41, 5.74) is 2.81. The lowest BCUT2D eigenvalue weighted by molar-refractivity contribution is -0.118. The predicted octanol–water partition coefficient (Wildman–Crippen LogP) is 3.46. The van der Waals surface area contributed by atoms with Crippen molar-refractivity contribution in [2.75, 3.05) is 11.9 Å². The van der Waals surface area contributed by atoms with Crippen LogP contribution in [0.4, 0.5) is 10.1 Å². The standard InChI is InChI=1S/C16H16FNO2/c1-11-4-3-5-12(2)16(11)18-15(19)10-20-14-8-6-13(17)7-9-14/h3-9H,10H2,1-2H3,(H,18,19). The van der Waals surface area contributed by atoms with E-state index in [0.717, 1.165) is 16.8 Å². The first-order valence-electron chi connectivity index (χ1n) is 6.30. The number of para-hydroxylation sites is 1. The van der Waals surface area contributed by atoms with Gasteiger partial charge in [-0.05, 0) is 49.2 Å². The highest BCUT2D eigenvalue weighted by Gasteiger charge is 2.08. The smallest absolute Gasteiger partial charge is 0.262 e. The quantitative estimate of drug-likeness (QED) is 0.926. The molecule has 0 aliphatic heterocycles. The van der Waals surface area contributed by atoms with Gasteiger partial charge in [0, 0.05) is 5.69 Å². The molecule has 0 fully saturated rings. The highest BCUT2D eigenvalue weighted by atomic mass is 19.1. The summed E-state index contributed by atoms with van der Waals surface area (Å²) in [7, 11) is 0. The zero-order chi connectivity index (χ0) is 14.5. The van der Waals surface area contributed by atoms with Crippen LogP contribution in [0, 0.1) is 19.7 Å². The van der Waals surface area contributed by atoms with Gasteiger partial charge in [-0.3, -0.25) is 4.79 Å². The van der Waals surface area contributed by atoms with Crippen LogP contribution in [0.5, 0.6) is 5.75 Å². The Hall–Kier alpha value is -2.36. The number of nitrogens with one attached hydrogen (secondary N) is 1. The maximum absolute atomic E-state index is 12.7. The molecule has 0 unspecified atom stereocenters. The number of hydrogen-bond acceptors (Lipinski definition) is 2. The number of hydrogen-bond donors (Lipinski definition) is 1. The molecule has 2 rings (SSSR count). The van der Waals surface area contributed by atoms with Gasteiger partial charge >= 0.3 is 0 Å². The molecule has 3 nitrogen and oxygen atoms in total. The van der Waals surface area contributed by atoms with Gasteiger partial charge in [0.1, 0.15) is 11.6 Å². The summed E-state index contributed by atoms with van der Waals surface area (Å²) in [4.78, 5) is 11.8. The van der Waals surface area contributed by atoms with Gasteiger partial charge in [0.15, 0.2) is 6.61 Å². The third-order valence-electron chi connectivity index (χ3n) is 2.93. The monoisotopic (exact) mass is 273 g/mol. The molecule has 0 saturated heterocycles. The van der Waals surface area contributed by atoms with Gasteiger partial charge in [0.05, 0.1) is 0 Å². The van der Waals surface area contributed by atoms with Crippen molar-refractivity contribution in [3.63, 3.8) is 0 Å². The highest BCUT2D eigenvalue weighted by Crippen LogP contribution is 2.19. The van der Waals surface area contributed by atoms with Crippen molar-refractivity contribution in [2.45, 2.75) is 13.8 Å². The van der Waals surface area contributed by atoms with Gasteiger partial charge in [0.25, 0.3) is 5.91 Å². The summed E-state index contributed by atoms with van der Waals surface area (Å²) in [6, 6.07) is 11.4. The number of benzene rings is 2. The van der Waals surface area contributed by atoms with Crippen molar-refractivity contribution >= 4 is 11.6 Å². The third kappa shape index (κ3) is 3.57. The Bertz CT molecular complexity index is 588. The van der Waals surface area contributed by atoms with E-state index in [9.17, 15) is 9.18 Å². The Kier molecular flexibility index (Phi) is 4.35. The van der Waals surface area contributed by atoms with Crippen molar-refractivity contribution in [2.24, 2.45) is 0 Å². The highest BCUT2D eigenvalue weighted by molar-refractivity contribution is 5.93. The van der Waals surface area contributed by atoms with Gasteiger partial charge in [-0.15, -0.1) is 0 Å². The average Bonchev–Trinajstić information content (AvgIpc) is 2.42. The number of halogens is 1. The molecule has 1 N–H and O–H groups in total. The lowest BCUT2D eigenvalue weighted by Gasteiger charge is -2.12. The molecule has 0 bridgehead atoms. The molecular formula is C16H16FNO2. The molecule has 0 aliphatic carbocycles. The minimum atomic E-state index is -0.336. The molecule has 20 heavy (non-hydrogen) atoms. The number of amides is 1. The largest absolute Gasteiger partial charge is 0.484 e. The molecule has 0 aromatic heterocycles. The van der Waals surface area contributed by atoms with Crippen LogP contribution in [0.2, 0.25) is 0 Å². The van der Waals surface area contributed by atoms with Gasteiger partial charge in [-0.2, -0.15) is 0 Å². The fourth-order valence-electron chi connectivity index (χ4n) is 1.87. The van der Waals surface area contributed by atoms with Gasteiger partial charge in [0.2, 0.25) is 0 Å². The first-order chi connectivity index (χ1) is 9.56. The third-order valence-corrected chi connectivity index (χ3v) is 2.93. The van der Waals surface area contributed by atoms with Crippen LogP contribution in [0.25, 0.3) is 0 Å². The van der Waals surface area contributed by atoms with E-state index in [4.69, 9.17) is 4.74 Å². The van der Waals surface area contributed by atoms with E-state index in [1.165, 1.54) is 24.3 Å². The van der Waals surface area contributed by atoms with Gasteiger partial charge in [-0.25, -0.2) is 4.39 Å². The second kappa shape index (κ2) is 6.19. The Morgan fingerprint density at radius 3 is 2.30 bits per heavy atom. The molecule has 104 valence electrons. The number of carbonyl (C=O) groups is 1. The summed E-state index contributed by atoms with van der Waals surface area (Å²) >= 11 is 0. The minimum Gasteiger partial charge on any atom is -0.484 e. The maximum atomic E-state index is 12.7. The molecule has 1 amide bonds. The Balaban J connectivity index is 1.94. The van der Waals surface area contributed by atoms with Crippen molar-refractivity contribution < 1.29 is 13.9 Å². The molecule has 0 saturated carbocycles. The van der Waals surface area contributed by atoms with E-state index in [2.05, 4.69) is 5.32 Å². The minimum absolute atomic E-state index is 0.112. The van der Waals surface area contributed by atoms with E-state index < -0.39 is 0 Å². The van der Waals surface area contributed by atoms with Crippen LogP contribution in [-0.2, 0) is 4.79 Å². The van der Waals surface area contributed by atoms with Crippen LogP contribution in [0.3, 0.4) is 0 Å². The Labute approximate surface area is 117 Å². The first-order valence-corrected chi connectivity index (χ1v) is 6.30. The van der Waals surface area contributed by atoms with E-state index in [0.29, 0.717) is 5.75 Å². The Morgan fingerprint density at radius 1 is 1.10 bits per heavy atom. The predicted molar refractivity (Wildman–Crippen MR) is 76.4 cm³/mol. The van der Waals surface area contributed by atoms with Crippen molar-refractivity contribution in [3.8, 4) is 5.75 Å². The SMILES string of the molecule is Cc1cccc(C)c1NC(=O)COc1ccc(F)cc1. The maximum Gasteiger partial charge on any atom is 0.262 e. The summed E-state index contributed by atoms with van der Waals surface area (Å²) in [5, 5.41) is 2.82. The lowest BCUT2D eigenvalue weighted by Crippen LogP contribution is -2.21. The topological polar surface area (TPSA) is 38.3 Å². The van der Waals surface area contributed by atoms with Crippen LogP contribution in [0.15, 0.2) is 42.5 Å². The zero-order valence-corrected chi connectivity index (χ0v) is 11.4. The molecule has 2 aromatic rings. The number of ether oxygens (including phenoxy) is 1. The van der Waals surface area contributed by atoms with E-state index >= 15 is 0 Å². The first kappa shape index (κ1) is 14.1. The molecule has 0 radical (unpaired) electrons. The van der Waals surface area contributed by atoms with Crippen LogP contribution in [0.1, 0.15) is 11.1 Å². The van der Waals surface area contributed by atoms with Crippen LogP contribution in [-0.4, -0.2) is 12.5 Å². The average molecular weight is 273 g/mol. The van der Waals surface area contributed by atoms with Crippen LogP contribution >= 0.6 is 0 Å². The van der Waals surface area contributed by atoms with Crippen molar-refractivity contribution in [3.05, 3.63) is 59.4 Å². The zero-order valence-electron chi connectivity index (χ0n) is 11.4. The molecule has 0 aliphatic rings. The fraction of sp³-hybridized carbons (Fsp3) is 0.188. The molecule has 4 heteroatoms. The van der Waals surface area contributed by atoms with E-state index in [-0.39, 0.29) is 18.3 Å². The summed E-state index contributed by atoms with van der Waals surface area (Å²) < 4.78 is 18.0. The van der Waals surface area contributed by atoms with Crippen molar-refractivity contribution in [1.82, 2.24) is 0 Å². The summed E-state index contributed by atoms with van der Waals surface area (Å²) in [6.45, 7) is 3.76. The second-order valence-electron chi connectivity index (χ2n) is 4.56. The molecular weight excluding hydrogens is 257 g/mol. The number of rotatable bonds is 4. The fourth-order valence-corrected chi connectivity index (χ4v) is 1.87. The second-order valence-corrected chi connectivity index (χ2v) is 4.56. The Morgan fingerprint density at radius 2 is 1.70 bits per heavy atom. The summed E-state index contributed by atoms with van der Waals surface area (Å²) in [6.07, 6.45) is 0. The molecule has 0 atom stereocenters. The van der Waals surface area contributed by atoms with Gasteiger partial charge < -0.3 is 10.1 Å². The lowest BCUT2D eigenvalue weighted by atomic mass is 10.1. The molecule has 2 aromatic carbocycles. The van der Waals surface area contributed by atoms with E-state index in [1.807, 2.05) is 32.0 Å². The van der Waals surface area contributed by atoms with Crippen LogP contribution < -0.4 is 10.1 Å².